The van der Waals surface area contributed by atoms with E-state index >= 15 is 0 Å². The van der Waals surface area contributed by atoms with Crippen molar-refractivity contribution in [3.05, 3.63) is 170 Å². The average molecular weight is 654 g/mol. The number of rotatable bonds is 2. The highest BCUT2D eigenvalue weighted by Crippen LogP contribution is 2.53. The third kappa shape index (κ3) is 3.53. The van der Waals surface area contributed by atoms with E-state index in [0.29, 0.717) is 0 Å². The molecular weight excluding hydrogens is 626 g/mol. The molecule has 1 spiro atoms. The number of anilines is 3. The molecule has 0 aromatic heterocycles. The maximum atomic E-state index is 6.73. The topological polar surface area (TPSA) is 12.5 Å². The molecule has 5 heteroatoms. The van der Waals surface area contributed by atoms with Gasteiger partial charge in [-0.25, -0.2) is 0 Å². The zero-order chi connectivity index (χ0) is 31.2. The largest absolute Gasteiger partial charge is 0.456 e. The molecular formula is C42H28NOPSSi. The van der Waals surface area contributed by atoms with Crippen LogP contribution in [0.3, 0.4) is 0 Å². The van der Waals surface area contributed by atoms with Gasteiger partial charge in [0.05, 0.1) is 0 Å². The van der Waals surface area contributed by atoms with Crippen molar-refractivity contribution in [2.75, 3.05) is 4.90 Å². The number of fused-ring (bicyclic) bond motifs is 11. The van der Waals surface area contributed by atoms with E-state index in [1.165, 1.54) is 48.6 Å². The number of benzene rings is 7. The van der Waals surface area contributed by atoms with E-state index in [1.807, 2.05) is 6.07 Å². The summed E-state index contributed by atoms with van der Waals surface area (Å²) in [6.07, 6.45) is 0. The Balaban J connectivity index is 1.23. The zero-order valence-corrected chi connectivity index (χ0v) is 28.1. The molecule has 0 radical (unpaired) electrons. The van der Waals surface area contributed by atoms with Gasteiger partial charge in [-0.15, -0.1) is 0 Å². The lowest BCUT2D eigenvalue weighted by Crippen LogP contribution is -2.75. The molecule has 0 saturated carbocycles. The molecule has 222 valence electrons. The first kappa shape index (κ1) is 27.2. The number of nitrogens with zero attached hydrogens (tertiary/aromatic N) is 1. The van der Waals surface area contributed by atoms with Gasteiger partial charge in [0.25, 0.3) is 0 Å². The van der Waals surface area contributed by atoms with E-state index in [2.05, 4.69) is 169 Å². The normalized spacial score (nSPS) is 17.4. The van der Waals surface area contributed by atoms with Crippen molar-refractivity contribution in [3.63, 3.8) is 0 Å². The molecule has 3 aliphatic rings. The SMILES string of the molecule is S=P1(c2ccccc2)c2ccccc2Oc2cc(N3c4ccccc4[Si]4(c5ccccc5-c5ccccc54)c4ccccc43)ccc21. The summed E-state index contributed by atoms with van der Waals surface area (Å²) in [4.78, 5) is 2.45. The Hall–Kier alpha value is -4.99. The predicted molar refractivity (Wildman–Crippen MR) is 203 cm³/mol. The van der Waals surface area contributed by atoms with Gasteiger partial charge in [0, 0.05) is 39.8 Å². The lowest BCUT2D eigenvalue weighted by Gasteiger charge is -2.44. The first-order valence-electron chi connectivity index (χ1n) is 16.0. The first-order valence-corrected chi connectivity index (χ1v) is 20.8. The number of hydrogen-bond donors (Lipinski definition) is 0. The lowest BCUT2D eigenvalue weighted by molar-refractivity contribution is 0.488. The van der Waals surface area contributed by atoms with Crippen LogP contribution in [0.1, 0.15) is 0 Å². The van der Waals surface area contributed by atoms with Crippen molar-refractivity contribution in [3.8, 4) is 22.6 Å². The zero-order valence-electron chi connectivity index (χ0n) is 25.4. The van der Waals surface area contributed by atoms with E-state index in [9.17, 15) is 0 Å². The van der Waals surface area contributed by atoms with Crippen molar-refractivity contribution in [2.45, 2.75) is 0 Å². The van der Waals surface area contributed by atoms with Crippen molar-refractivity contribution < 1.29 is 4.74 Å². The molecule has 10 rings (SSSR count). The number of hydrogen-bond acceptors (Lipinski definition) is 3. The summed E-state index contributed by atoms with van der Waals surface area (Å²) in [6, 6.07) is 59.6. The Labute approximate surface area is 280 Å². The van der Waals surface area contributed by atoms with Crippen molar-refractivity contribution in [1.82, 2.24) is 0 Å². The van der Waals surface area contributed by atoms with Crippen molar-refractivity contribution in [2.24, 2.45) is 0 Å². The first-order chi connectivity index (χ1) is 23.2. The Morgan fingerprint density at radius 2 is 0.979 bits per heavy atom. The van der Waals surface area contributed by atoms with Crippen LogP contribution in [0.4, 0.5) is 17.1 Å². The third-order valence-corrected chi connectivity index (χ3v) is 20.0. The fraction of sp³-hybridized carbons (Fsp3) is 0. The fourth-order valence-corrected chi connectivity index (χ4v) is 17.9. The second kappa shape index (κ2) is 10.0. The van der Waals surface area contributed by atoms with Crippen LogP contribution in [-0.2, 0) is 11.8 Å². The molecule has 0 aliphatic carbocycles. The summed E-state index contributed by atoms with van der Waals surface area (Å²) in [6.45, 7) is 0. The van der Waals surface area contributed by atoms with Gasteiger partial charge in [-0.1, -0.05) is 139 Å². The van der Waals surface area contributed by atoms with Crippen LogP contribution in [0.2, 0.25) is 0 Å². The Bertz CT molecular complexity index is 2360. The minimum atomic E-state index is -2.60. The van der Waals surface area contributed by atoms with E-state index in [-0.39, 0.29) is 0 Å². The van der Waals surface area contributed by atoms with E-state index in [0.717, 1.165) is 27.8 Å². The minimum Gasteiger partial charge on any atom is -0.456 e. The van der Waals surface area contributed by atoms with Crippen LogP contribution in [0.5, 0.6) is 11.5 Å². The number of para-hydroxylation sites is 3. The summed E-state index contributed by atoms with van der Waals surface area (Å²) < 4.78 is 6.73. The summed E-state index contributed by atoms with van der Waals surface area (Å²) in [5, 5.41) is 9.15. The second-order valence-electron chi connectivity index (χ2n) is 12.4. The van der Waals surface area contributed by atoms with Gasteiger partial charge < -0.3 is 9.64 Å². The van der Waals surface area contributed by atoms with Crippen molar-refractivity contribution >= 4 is 79.6 Å². The quantitative estimate of drug-likeness (QED) is 0.153. The molecule has 7 aromatic carbocycles. The molecule has 0 fully saturated rings. The van der Waals surface area contributed by atoms with Crippen LogP contribution in [0.25, 0.3) is 11.1 Å². The van der Waals surface area contributed by atoms with E-state index in [4.69, 9.17) is 16.5 Å². The Kier molecular flexibility index (Phi) is 5.78. The molecule has 0 N–H and O–H groups in total. The minimum absolute atomic E-state index is 0.845. The highest BCUT2D eigenvalue weighted by Gasteiger charge is 2.53. The molecule has 0 amide bonds. The highest BCUT2D eigenvalue weighted by molar-refractivity contribution is 8.25. The second-order valence-corrected chi connectivity index (χ2v) is 20.4. The fourth-order valence-electron chi connectivity index (χ4n) is 8.29. The molecule has 0 bridgehead atoms. The van der Waals surface area contributed by atoms with Crippen LogP contribution >= 0.6 is 6.04 Å². The summed E-state index contributed by atoms with van der Waals surface area (Å²) in [7, 11) is -2.60. The molecule has 3 heterocycles. The monoisotopic (exact) mass is 653 g/mol. The standard InChI is InChI=1S/C42H28NOPSSi/c46-45(30-14-2-1-3-15-30)37-21-9-8-20-35(37)44-36-28-29(26-27-38(36)45)43-33-18-6-12-24-41(33)47(42-25-13-7-19-34(42)43)39-22-10-4-16-31(39)32-17-5-11-23-40(32)47/h1-28H. The van der Waals surface area contributed by atoms with Gasteiger partial charge >= 0.3 is 0 Å². The summed E-state index contributed by atoms with van der Waals surface area (Å²) >= 11 is 6.72. The molecule has 1 unspecified atom stereocenters. The highest BCUT2D eigenvalue weighted by atomic mass is 32.4. The maximum absolute atomic E-state index is 6.73. The van der Waals surface area contributed by atoms with Gasteiger partial charge in [0.1, 0.15) is 11.5 Å². The van der Waals surface area contributed by atoms with Crippen LogP contribution < -0.4 is 46.3 Å². The predicted octanol–water partition coefficient (Wildman–Crippen LogP) is 6.69. The van der Waals surface area contributed by atoms with Crippen LogP contribution in [0, 0.1) is 0 Å². The molecule has 47 heavy (non-hydrogen) atoms. The van der Waals surface area contributed by atoms with E-state index in [1.54, 1.807) is 0 Å². The molecule has 2 nitrogen and oxygen atoms in total. The van der Waals surface area contributed by atoms with Gasteiger partial charge in [-0.2, -0.15) is 0 Å². The average Bonchev–Trinajstić information content (AvgIpc) is 3.43. The molecule has 0 saturated heterocycles. The van der Waals surface area contributed by atoms with Gasteiger partial charge in [0.15, 0.2) is 8.07 Å². The van der Waals surface area contributed by atoms with Crippen molar-refractivity contribution in [1.29, 1.82) is 0 Å². The maximum Gasteiger partial charge on any atom is 0.185 e. The smallest absolute Gasteiger partial charge is 0.185 e. The molecule has 7 aromatic rings. The van der Waals surface area contributed by atoms with Crippen LogP contribution in [-0.4, -0.2) is 8.07 Å². The number of ether oxygens (including phenoxy) is 1. The molecule has 1 atom stereocenters. The van der Waals surface area contributed by atoms with Crippen LogP contribution in [0.15, 0.2) is 170 Å². The van der Waals surface area contributed by atoms with Gasteiger partial charge in [-0.05, 0) is 73.6 Å². The summed E-state index contributed by atoms with van der Waals surface area (Å²) in [5.41, 5.74) is 6.24. The summed E-state index contributed by atoms with van der Waals surface area (Å²) in [5.74, 6) is 1.70. The van der Waals surface area contributed by atoms with E-state index < -0.39 is 14.1 Å². The Morgan fingerprint density at radius 1 is 0.468 bits per heavy atom. The Morgan fingerprint density at radius 3 is 1.64 bits per heavy atom. The van der Waals surface area contributed by atoms with Gasteiger partial charge in [0.2, 0.25) is 0 Å². The van der Waals surface area contributed by atoms with Gasteiger partial charge in [-0.3, -0.25) is 0 Å². The lowest BCUT2D eigenvalue weighted by atomic mass is 10.1. The third-order valence-electron chi connectivity index (χ3n) is 10.1. The molecule has 3 aliphatic heterocycles.